The molecule has 0 fully saturated rings. The molecule has 1 amide bonds. The first kappa shape index (κ1) is 16.2. The lowest BCUT2D eigenvalue weighted by Crippen LogP contribution is -2.24. The average Bonchev–Trinajstić information content (AvgIpc) is 2.94. The van der Waals surface area contributed by atoms with Gasteiger partial charge in [0, 0.05) is 12.7 Å². The first-order valence-electron chi connectivity index (χ1n) is 7.19. The van der Waals surface area contributed by atoms with Gasteiger partial charge in [-0.05, 0) is 48.9 Å². The number of carbonyl (C=O) groups is 1. The Balaban J connectivity index is 1.73. The molecule has 7 heteroatoms. The Hall–Kier alpha value is -2.67. The monoisotopic (exact) mass is 346 g/mol. The lowest BCUT2D eigenvalue weighted by molar-refractivity contribution is 0.203. The van der Waals surface area contributed by atoms with Gasteiger partial charge in [0.15, 0.2) is 0 Å². The molecule has 0 saturated carbocycles. The number of rotatable bonds is 4. The van der Waals surface area contributed by atoms with Crippen molar-refractivity contribution in [3.8, 4) is 5.75 Å². The van der Waals surface area contributed by atoms with Crippen LogP contribution in [0.15, 0.2) is 36.4 Å². The number of hydrogen-bond acceptors (Lipinski definition) is 4. The number of amides is 1. The number of hydrogen-bond donors (Lipinski definition) is 1. The predicted molar refractivity (Wildman–Crippen MR) is 91.5 cm³/mol. The molecule has 0 unspecified atom stereocenters. The van der Waals surface area contributed by atoms with E-state index in [4.69, 9.17) is 9.84 Å². The molecule has 3 rings (SSSR count). The van der Waals surface area contributed by atoms with Gasteiger partial charge in [-0.15, -0.1) is 11.3 Å². The molecule has 0 radical (unpaired) electrons. The molecule has 1 N–H and O–H groups in total. The van der Waals surface area contributed by atoms with Crippen molar-refractivity contribution < 1.29 is 19.0 Å². The molecule has 24 heavy (non-hydrogen) atoms. The van der Waals surface area contributed by atoms with E-state index in [2.05, 4.69) is 4.98 Å². The van der Waals surface area contributed by atoms with Gasteiger partial charge in [-0.25, -0.2) is 14.2 Å². The lowest BCUT2D eigenvalue weighted by atomic mass is 10.2. The van der Waals surface area contributed by atoms with Gasteiger partial charge < -0.3 is 9.84 Å². The Morgan fingerprint density at radius 2 is 2.12 bits per heavy atom. The maximum Gasteiger partial charge on any atom is 0.411 e. The summed E-state index contributed by atoms with van der Waals surface area (Å²) in [6, 6.07) is 9.68. The second-order valence-corrected chi connectivity index (χ2v) is 6.41. The molecule has 1 heterocycles. The van der Waals surface area contributed by atoms with Crippen molar-refractivity contribution >= 4 is 33.3 Å². The molecule has 0 aliphatic carbocycles. The van der Waals surface area contributed by atoms with Crippen LogP contribution >= 0.6 is 11.3 Å². The van der Waals surface area contributed by atoms with E-state index in [0.29, 0.717) is 11.4 Å². The molecular formula is C17H15FN2O3S. The summed E-state index contributed by atoms with van der Waals surface area (Å²) >= 11 is 1.38. The summed E-state index contributed by atoms with van der Waals surface area (Å²) in [7, 11) is 1.49. The first-order chi connectivity index (χ1) is 11.4. The summed E-state index contributed by atoms with van der Waals surface area (Å²) in [5.74, 6) is 0.341. The number of aromatic nitrogens is 1. The third kappa shape index (κ3) is 3.30. The van der Waals surface area contributed by atoms with Crippen LogP contribution in [0.2, 0.25) is 0 Å². The van der Waals surface area contributed by atoms with Crippen LogP contribution < -0.4 is 9.64 Å². The maximum absolute atomic E-state index is 13.2. The van der Waals surface area contributed by atoms with Crippen LogP contribution in [0, 0.1) is 12.7 Å². The van der Waals surface area contributed by atoms with E-state index in [1.54, 1.807) is 24.3 Å². The SMILES string of the molecule is Cc1cc(OCc2nc3ccc(F)cc3s2)ccc1N(C)C(=O)O. The number of nitrogens with zero attached hydrogens (tertiary/aromatic N) is 2. The van der Waals surface area contributed by atoms with Crippen molar-refractivity contribution in [2.45, 2.75) is 13.5 Å². The van der Waals surface area contributed by atoms with Crippen LogP contribution in [-0.4, -0.2) is 23.2 Å². The molecule has 1 aromatic heterocycles. The highest BCUT2D eigenvalue weighted by Gasteiger charge is 2.12. The van der Waals surface area contributed by atoms with Crippen molar-refractivity contribution in [2.75, 3.05) is 11.9 Å². The number of anilines is 1. The molecule has 0 spiro atoms. The zero-order valence-corrected chi connectivity index (χ0v) is 13.9. The summed E-state index contributed by atoms with van der Waals surface area (Å²) in [5, 5.41) is 9.78. The number of benzene rings is 2. The van der Waals surface area contributed by atoms with Crippen molar-refractivity contribution in [3.05, 3.63) is 52.8 Å². The van der Waals surface area contributed by atoms with Crippen LogP contribution in [0.1, 0.15) is 10.6 Å². The minimum absolute atomic E-state index is 0.272. The van der Waals surface area contributed by atoms with Gasteiger partial charge >= 0.3 is 6.09 Å². The predicted octanol–water partition coefficient (Wildman–Crippen LogP) is 4.44. The van der Waals surface area contributed by atoms with E-state index >= 15 is 0 Å². The molecule has 5 nitrogen and oxygen atoms in total. The highest BCUT2D eigenvalue weighted by molar-refractivity contribution is 7.18. The van der Waals surface area contributed by atoms with Gasteiger partial charge in [-0.3, -0.25) is 4.90 Å². The molecule has 0 bridgehead atoms. The topological polar surface area (TPSA) is 62.7 Å². The summed E-state index contributed by atoms with van der Waals surface area (Å²) in [4.78, 5) is 16.6. The molecular weight excluding hydrogens is 331 g/mol. The normalized spacial score (nSPS) is 10.8. The van der Waals surface area contributed by atoms with Crippen LogP contribution in [0.25, 0.3) is 10.2 Å². The maximum atomic E-state index is 13.2. The second kappa shape index (κ2) is 6.45. The molecule has 124 valence electrons. The minimum Gasteiger partial charge on any atom is -0.486 e. The highest BCUT2D eigenvalue weighted by Crippen LogP contribution is 2.27. The van der Waals surface area contributed by atoms with E-state index in [9.17, 15) is 9.18 Å². The Morgan fingerprint density at radius 1 is 1.33 bits per heavy atom. The Morgan fingerprint density at radius 3 is 2.83 bits per heavy atom. The molecule has 0 saturated heterocycles. The van der Waals surface area contributed by atoms with Gasteiger partial charge in [0.1, 0.15) is 23.2 Å². The molecule has 3 aromatic rings. The standard InChI is InChI=1S/C17H15FN2O3S/c1-10-7-12(4-6-14(10)20(2)17(21)22)23-9-16-19-13-5-3-11(18)8-15(13)24-16/h3-8H,9H2,1-2H3,(H,21,22). The van der Waals surface area contributed by atoms with Crippen molar-refractivity contribution in [1.82, 2.24) is 4.98 Å². The van der Waals surface area contributed by atoms with Gasteiger partial charge in [0.2, 0.25) is 0 Å². The van der Waals surface area contributed by atoms with E-state index < -0.39 is 6.09 Å². The minimum atomic E-state index is -1.02. The molecule has 0 atom stereocenters. The largest absolute Gasteiger partial charge is 0.486 e. The van der Waals surface area contributed by atoms with Crippen LogP contribution in [0.3, 0.4) is 0 Å². The number of fused-ring (bicyclic) bond motifs is 1. The quantitative estimate of drug-likeness (QED) is 0.759. The Labute approximate surface area is 141 Å². The summed E-state index contributed by atoms with van der Waals surface area (Å²) in [5.41, 5.74) is 2.14. The Kier molecular flexibility index (Phi) is 4.35. The summed E-state index contributed by atoms with van der Waals surface area (Å²) in [6.45, 7) is 2.09. The first-order valence-corrected chi connectivity index (χ1v) is 8.01. The van der Waals surface area contributed by atoms with Crippen molar-refractivity contribution in [2.24, 2.45) is 0 Å². The molecule has 0 aliphatic rings. The van der Waals surface area contributed by atoms with Gasteiger partial charge in [-0.2, -0.15) is 0 Å². The fourth-order valence-corrected chi connectivity index (χ4v) is 3.26. The third-order valence-electron chi connectivity index (χ3n) is 3.57. The zero-order valence-electron chi connectivity index (χ0n) is 13.1. The average molecular weight is 346 g/mol. The van der Waals surface area contributed by atoms with Crippen LogP contribution in [0.4, 0.5) is 14.9 Å². The summed E-state index contributed by atoms with van der Waals surface area (Å²) < 4.78 is 19.7. The summed E-state index contributed by atoms with van der Waals surface area (Å²) in [6.07, 6.45) is -1.02. The van der Waals surface area contributed by atoms with E-state index in [1.165, 1.54) is 30.5 Å². The fourth-order valence-electron chi connectivity index (χ4n) is 2.35. The van der Waals surface area contributed by atoms with Crippen molar-refractivity contribution in [1.29, 1.82) is 0 Å². The number of aryl methyl sites for hydroxylation is 1. The Bertz CT molecular complexity index is 910. The smallest absolute Gasteiger partial charge is 0.411 e. The van der Waals surface area contributed by atoms with Crippen LogP contribution in [-0.2, 0) is 6.61 Å². The van der Waals surface area contributed by atoms with Gasteiger partial charge in [-0.1, -0.05) is 0 Å². The van der Waals surface area contributed by atoms with E-state index in [0.717, 1.165) is 25.7 Å². The fraction of sp³-hybridized carbons (Fsp3) is 0.176. The zero-order chi connectivity index (χ0) is 17.3. The molecule has 0 aliphatic heterocycles. The van der Waals surface area contributed by atoms with E-state index in [1.807, 2.05) is 6.92 Å². The third-order valence-corrected chi connectivity index (χ3v) is 4.57. The lowest BCUT2D eigenvalue weighted by Gasteiger charge is -2.16. The number of ether oxygens (including phenoxy) is 1. The van der Waals surface area contributed by atoms with E-state index in [-0.39, 0.29) is 12.4 Å². The molecule has 2 aromatic carbocycles. The second-order valence-electron chi connectivity index (χ2n) is 5.30. The van der Waals surface area contributed by atoms with Crippen molar-refractivity contribution in [3.63, 3.8) is 0 Å². The number of halogens is 1. The number of thiazole rings is 1. The van der Waals surface area contributed by atoms with Crippen LogP contribution in [0.5, 0.6) is 5.75 Å². The highest BCUT2D eigenvalue weighted by atomic mass is 32.1. The van der Waals surface area contributed by atoms with Gasteiger partial charge in [0.25, 0.3) is 0 Å². The van der Waals surface area contributed by atoms with Gasteiger partial charge in [0.05, 0.1) is 10.2 Å². The number of carboxylic acid groups (broad SMARTS) is 1.